The highest BCUT2D eigenvalue weighted by atomic mass is 16.3. The zero-order valence-electron chi connectivity index (χ0n) is 7.46. The fourth-order valence-electron chi connectivity index (χ4n) is 2.23. The Bertz CT molecular complexity index is 344. The average molecular weight is 175 g/mol. The molecular weight excluding hydrogens is 162 g/mol. The van der Waals surface area contributed by atoms with Crippen LogP contribution in [-0.2, 0) is 6.54 Å². The summed E-state index contributed by atoms with van der Waals surface area (Å²) < 4.78 is 0. The summed E-state index contributed by atoms with van der Waals surface area (Å²) in [6.07, 6.45) is 2.72. The lowest BCUT2D eigenvalue weighted by Gasteiger charge is -2.09. The minimum Gasteiger partial charge on any atom is -0.508 e. The quantitative estimate of drug-likeness (QED) is 0.683. The molecule has 0 bridgehead atoms. The predicted molar refractivity (Wildman–Crippen MR) is 50.4 cm³/mol. The van der Waals surface area contributed by atoms with Crippen molar-refractivity contribution in [2.75, 3.05) is 0 Å². The van der Waals surface area contributed by atoms with Crippen LogP contribution in [0.2, 0.25) is 0 Å². The second kappa shape index (κ2) is 2.48. The molecule has 1 saturated carbocycles. The van der Waals surface area contributed by atoms with Gasteiger partial charge in [-0.1, -0.05) is 6.07 Å². The lowest BCUT2D eigenvalue weighted by atomic mass is 10.0. The largest absolute Gasteiger partial charge is 0.508 e. The van der Waals surface area contributed by atoms with E-state index in [0.717, 1.165) is 12.5 Å². The third-order valence-corrected chi connectivity index (χ3v) is 3.07. The molecule has 2 nitrogen and oxygen atoms in total. The summed E-state index contributed by atoms with van der Waals surface area (Å²) in [6.45, 7) is 0.922. The number of phenols is 1. The highest BCUT2D eigenvalue weighted by Gasteiger charge is 2.35. The highest BCUT2D eigenvalue weighted by molar-refractivity contribution is 5.40. The third-order valence-electron chi connectivity index (χ3n) is 3.07. The highest BCUT2D eigenvalue weighted by Crippen LogP contribution is 2.44. The van der Waals surface area contributed by atoms with Crippen molar-refractivity contribution in [1.29, 1.82) is 0 Å². The van der Waals surface area contributed by atoms with Gasteiger partial charge in [-0.15, -0.1) is 0 Å². The van der Waals surface area contributed by atoms with Gasteiger partial charge < -0.3 is 10.4 Å². The summed E-state index contributed by atoms with van der Waals surface area (Å²) in [6, 6.07) is 6.30. The molecule has 2 N–H and O–H groups in total. The topological polar surface area (TPSA) is 32.3 Å². The van der Waals surface area contributed by atoms with Crippen molar-refractivity contribution in [2.45, 2.75) is 25.4 Å². The Morgan fingerprint density at radius 3 is 2.92 bits per heavy atom. The Labute approximate surface area is 77.6 Å². The number of phenolic OH excluding ortho intramolecular Hbond substituents is 1. The molecule has 1 aromatic carbocycles. The van der Waals surface area contributed by atoms with E-state index in [1.54, 1.807) is 6.07 Å². The fourth-order valence-corrected chi connectivity index (χ4v) is 2.23. The maximum Gasteiger partial charge on any atom is 0.115 e. The molecular formula is C11H13NO. The Morgan fingerprint density at radius 1 is 1.31 bits per heavy atom. The molecule has 0 spiro atoms. The van der Waals surface area contributed by atoms with Gasteiger partial charge in [-0.2, -0.15) is 0 Å². The van der Waals surface area contributed by atoms with Crippen molar-refractivity contribution in [3.63, 3.8) is 0 Å². The number of fused-ring (bicyclic) bond motifs is 1. The van der Waals surface area contributed by atoms with E-state index >= 15 is 0 Å². The maximum absolute atomic E-state index is 9.31. The van der Waals surface area contributed by atoms with E-state index in [9.17, 15) is 5.11 Å². The van der Waals surface area contributed by atoms with Gasteiger partial charge in [-0.05, 0) is 42.0 Å². The summed E-state index contributed by atoms with van der Waals surface area (Å²) in [7, 11) is 0. The van der Waals surface area contributed by atoms with E-state index in [0.29, 0.717) is 11.8 Å². The minimum absolute atomic E-state index is 0.386. The van der Waals surface area contributed by atoms with Crippen LogP contribution in [0, 0.1) is 5.92 Å². The first-order chi connectivity index (χ1) is 6.34. The van der Waals surface area contributed by atoms with Crippen molar-refractivity contribution in [1.82, 2.24) is 5.32 Å². The number of nitrogens with one attached hydrogen (secondary N) is 1. The normalized spacial score (nSPS) is 26.0. The van der Waals surface area contributed by atoms with Crippen molar-refractivity contribution < 1.29 is 5.11 Å². The molecule has 2 aliphatic rings. The molecule has 1 atom stereocenters. The summed E-state index contributed by atoms with van der Waals surface area (Å²) in [5.74, 6) is 1.24. The van der Waals surface area contributed by atoms with E-state index in [1.807, 2.05) is 6.07 Å². The van der Waals surface area contributed by atoms with Gasteiger partial charge >= 0.3 is 0 Å². The summed E-state index contributed by atoms with van der Waals surface area (Å²) >= 11 is 0. The minimum atomic E-state index is 0.386. The fraction of sp³-hybridized carbons (Fsp3) is 0.455. The molecule has 13 heavy (non-hydrogen) atoms. The van der Waals surface area contributed by atoms with Gasteiger partial charge in [0, 0.05) is 12.6 Å². The van der Waals surface area contributed by atoms with Crippen LogP contribution in [-0.4, -0.2) is 5.11 Å². The van der Waals surface area contributed by atoms with Crippen LogP contribution in [0.3, 0.4) is 0 Å². The van der Waals surface area contributed by atoms with Gasteiger partial charge in [0.25, 0.3) is 0 Å². The van der Waals surface area contributed by atoms with Crippen molar-refractivity contribution in [3.8, 4) is 5.75 Å². The molecule has 0 saturated heterocycles. The van der Waals surface area contributed by atoms with Crippen LogP contribution in [0.15, 0.2) is 18.2 Å². The van der Waals surface area contributed by atoms with Gasteiger partial charge in [0.1, 0.15) is 5.75 Å². The van der Waals surface area contributed by atoms with Gasteiger partial charge in [-0.3, -0.25) is 0 Å². The van der Waals surface area contributed by atoms with Crippen LogP contribution in [0.5, 0.6) is 5.75 Å². The van der Waals surface area contributed by atoms with Crippen LogP contribution < -0.4 is 5.32 Å². The lowest BCUT2D eigenvalue weighted by Crippen LogP contribution is -2.13. The van der Waals surface area contributed by atoms with E-state index in [2.05, 4.69) is 11.4 Å². The molecule has 1 aliphatic carbocycles. The van der Waals surface area contributed by atoms with Crippen LogP contribution in [0.1, 0.15) is 30.0 Å². The Hall–Kier alpha value is -1.02. The molecule has 68 valence electrons. The van der Waals surface area contributed by atoms with Gasteiger partial charge in [-0.25, -0.2) is 0 Å². The second-order valence-electron chi connectivity index (χ2n) is 4.08. The summed E-state index contributed by atoms with van der Waals surface area (Å²) in [5, 5.41) is 12.8. The molecule has 2 heteroatoms. The Morgan fingerprint density at radius 2 is 2.15 bits per heavy atom. The maximum atomic E-state index is 9.31. The second-order valence-corrected chi connectivity index (χ2v) is 4.08. The number of rotatable bonds is 1. The smallest absolute Gasteiger partial charge is 0.115 e. The number of hydrogen-bond donors (Lipinski definition) is 2. The monoisotopic (exact) mass is 175 g/mol. The third kappa shape index (κ3) is 1.13. The van der Waals surface area contributed by atoms with Crippen LogP contribution in [0.25, 0.3) is 0 Å². The molecule has 1 fully saturated rings. The van der Waals surface area contributed by atoms with E-state index in [1.165, 1.54) is 24.0 Å². The van der Waals surface area contributed by atoms with Crippen molar-refractivity contribution >= 4 is 0 Å². The number of hydrogen-bond acceptors (Lipinski definition) is 2. The molecule has 0 radical (unpaired) electrons. The molecule has 1 aliphatic heterocycles. The first kappa shape index (κ1) is 7.39. The van der Waals surface area contributed by atoms with Crippen LogP contribution >= 0.6 is 0 Å². The van der Waals surface area contributed by atoms with Gasteiger partial charge in [0.2, 0.25) is 0 Å². The average Bonchev–Trinajstić information content (AvgIpc) is 2.87. The van der Waals surface area contributed by atoms with Crippen molar-refractivity contribution in [3.05, 3.63) is 29.3 Å². The van der Waals surface area contributed by atoms with Crippen molar-refractivity contribution in [2.24, 2.45) is 5.92 Å². The summed E-state index contributed by atoms with van der Waals surface area (Å²) in [4.78, 5) is 0. The first-order valence-electron chi connectivity index (χ1n) is 4.90. The van der Waals surface area contributed by atoms with E-state index in [4.69, 9.17) is 0 Å². The predicted octanol–water partition coefficient (Wildman–Crippen LogP) is 1.95. The Kier molecular flexibility index (Phi) is 1.41. The van der Waals surface area contributed by atoms with Gasteiger partial charge in [0.15, 0.2) is 0 Å². The lowest BCUT2D eigenvalue weighted by molar-refractivity contribution is 0.474. The first-order valence-corrected chi connectivity index (χ1v) is 4.90. The van der Waals surface area contributed by atoms with E-state index < -0.39 is 0 Å². The number of benzene rings is 1. The molecule has 1 aromatic rings. The van der Waals surface area contributed by atoms with Crippen LogP contribution in [0.4, 0.5) is 0 Å². The molecule has 1 unspecified atom stereocenters. The standard InChI is InChI=1S/C11H13NO/c13-9-3-4-10-8(5-9)6-12-11(10)7-1-2-7/h3-5,7,11-13H,1-2,6H2. The molecule has 3 rings (SSSR count). The zero-order chi connectivity index (χ0) is 8.84. The molecule has 1 heterocycles. The Balaban J connectivity index is 2.01. The van der Waals surface area contributed by atoms with E-state index in [-0.39, 0.29) is 0 Å². The zero-order valence-corrected chi connectivity index (χ0v) is 7.46. The SMILES string of the molecule is Oc1ccc2c(c1)CNC2C1CC1. The molecule has 0 aromatic heterocycles. The van der Waals surface area contributed by atoms with Gasteiger partial charge in [0.05, 0.1) is 0 Å². The molecule has 0 amide bonds. The summed E-state index contributed by atoms with van der Waals surface area (Å²) in [5.41, 5.74) is 2.68. The number of aromatic hydroxyl groups is 1.